The van der Waals surface area contributed by atoms with Crippen molar-refractivity contribution in [3.05, 3.63) is 52.5 Å². The monoisotopic (exact) mass is 451 g/mol. The number of nitriles is 1. The third-order valence-corrected chi connectivity index (χ3v) is 6.28. The molecule has 0 saturated carbocycles. The highest BCUT2D eigenvalue weighted by molar-refractivity contribution is 6.32. The number of anilines is 2. The first kappa shape index (κ1) is 22.1. The number of benzene rings is 2. The summed E-state index contributed by atoms with van der Waals surface area (Å²) in [5.74, 6) is 2.49. The first-order valence-electron chi connectivity index (χ1n) is 10.8. The van der Waals surface area contributed by atoms with E-state index in [0.29, 0.717) is 34.6 Å². The van der Waals surface area contributed by atoms with Crippen molar-refractivity contribution in [2.24, 2.45) is 5.92 Å². The lowest BCUT2D eigenvalue weighted by atomic mass is 9.97. The van der Waals surface area contributed by atoms with E-state index in [4.69, 9.17) is 16.3 Å². The van der Waals surface area contributed by atoms with Crippen LogP contribution in [0, 0.1) is 17.2 Å². The van der Waals surface area contributed by atoms with Crippen molar-refractivity contribution in [3.63, 3.8) is 0 Å². The average Bonchev–Trinajstić information content (AvgIpc) is 2.84. The number of aromatic nitrogens is 2. The van der Waals surface area contributed by atoms with Crippen LogP contribution in [0.25, 0.3) is 10.8 Å². The topological polar surface area (TPSA) is 94.3 Å². The summed E-state index contributed by atoms with van der Waals surface area (Å²) < 4.78 is 5.21. The van der Waals surface area contributed by atoms with Crippen LogP contribution in [0.15, 0.2) is 36.4 Å². The van der Waals surface area contributed by atoms with Gasteiger partial charge in [0.1, 0.15) is 5.75 Å². The van der Waals surface area contributed by atoms with Gasteiger partial charge in [-0.25, -0.2) is 0 Å². The van der Waals surface area contributed by atoms with Crippen molar-refractivity contribution in [2.75, 3.05) is 43.6 Å². The van der Waals surface area contributed by atoms with Gasteiger partial charge in [-0.1, -0.05) is 17.7 Å². The highest BCUT2D eigenvalue weighted by atomic mass is 35.5. The molecule has 0 radical (unpaired) electrons. The highest BCUT2D eigenvalue weighted by Crippen LogP contribution is 2.32. The van der Waals surface area contributed by atoms with Crippen LogP contribution in [0.2, 0.25) is 5.02 Å². The van der Waals surface area contributed by atoms with Crippen molar-refractivity contribution in [1.29, 1.82) is 5.26 Å². The molecule has 3 aromatic rings. The fourth-order valence-electron chi connectivity index (χ4n) is 4.09. The molecule has 0 bridgehead atoms. The Morgan fingerprint density at radius 2 is 2.00 bits per heavy atom. The number of piperidine rings is 1. The lowest BCUT2D eigenvalue weighted by molar-refractivity contribution is 0.203. The second-order valence-electron chi connectivity index (χ2n) is 8.00. The molecule has 0 unspecified atom stereocenters. The van der Waals surface area contributed by atoms with E-state index < -0.39 is 0 Å². The van der Waals surface area contributed by atoms with Gasteiger partial charge >= 0.3 is 0 Å². The van der Waals surface area contributed by atoms with Gasteiger partial charge in [-0.05, 0) is 61.1 Å². The number of nitrogens with zero attached hydrogens (tertiary/aromatic N) is 4. The van der Waals surface area contributed by atoms with Gasteiger partial charge in [-0.15, -0.1) is 10.2 Å². The van der Waals surface area contributed by atoms with Crippen molar-refractivity contribution < 1.29 is 9.84 Å². The second kappa shape index (κ2) is 10.0. The molecule has 0 aliphatic carbocycles. The first-order chi connectivity index (χ1) is 15.6. The Labute approximate surface area is 192 Å². The van der Waals surface area contributed by atoms with Crippen LogP contribution in [0.4, 0.5) is 11.6 Å². The van der Waals surface area contributed by atoms with Crippen molar-refractivity contribution in [3.8, 4) is 11.8 Å². The third kappa shape index (κ3) is 4.72. The summed E-state index contributed by atoms with van der Waals surface area (Å²) in [6, 6.07) is 13.6. The van der Waals surface area contributed by atoms with Crippen LogP contribution >= 0.6 is 11.6 Å². The smallest absolute Gasteiger partial charge is 0.159 e. The molecule has 2 N–H and O–H groups in total. The summed E-state index contributed by atoms with van der Waals surface area (Å²) in [6.45, 7) is 2.54. The zero-order valence-electron chi connectivity index (χ0n) is 18.0. The molecule has 32 heavy (non-hydrogen) atoms. The van der Waals surface area contributed by atoms with Gasteiger partial charge in [0, 0.05) is 37.0 Å². The number of nitrogens with one attached hydrogen (secondary N) is 1. The Morgan fingerprint density at radius 1 is 1.19 bits per heavy atom. The Hall–Kier alpha value is -3.08. The quantitative estimate of drug-likeness (QED) is 0.560. The Bertz CT molecular complexity index is 1140. The van der Waals surface area contributed by atoms with Gasteiger partial charge in [0.2, 0.25) is 0 Å². The van der Waals surface area contributed by atoms with Gasteiger partial charge < -0.3 is 20.1 Å². The summed E-state index contributed by atoms with van der Waals surface area (Å²) in [7, 11) is 1.60. The van der Waals surface area contributed by atoms with Crippen LogP contribution in [-0.4, -0.2) is 48.7 Å². The van der Waals surface area contributed by atoms with Crippen molar-refractivity contribution in [1.82, 2.24) is 10.2 Å². The Balaban J connectivity index is 1.55. The fourth-order valence-corrected chi connectivity index (χ4v) is 4.37. The van der Waals surface area contributed by atoms with Gasteiger partial charge in [0.15, 0.2) is 11.6 Å². The number of hydrogen-bond acceptors (Lipinski definition) is 7. The maximum absolute atomic E-state index is 9.42. The minimum atomic E-state index is 0.230. The summed E-state index contributed by atoms with van der Waals surface area (Å²) in [6.07, 6.45) is 2.61. The van der Waals surface area contributed by atoms with Crippen LogP contribution in [0.1, 0.15) is 24.0 Å². The molecule has 8 heteroatoms. The van der Waals surface area contributed by atoms with Gasteiger partial charge in [-0.2, -0.15) is 5.26 Å². The SMILES string of the molecule is COc1ccc(CCNc2nnc(N3CCC(CO)CC3)c3ccc(C#N)cc23)cc1Cl. The number of aliphatic hydroxyl groups excluding tert-OH is 1. The normalized spacial score (nSPS) is 14.4. The summed E-state index contributed by atoms with van der Waals surface area (Å²) >= 11 is 6.23. The molecular weight excluding hydrogens is 426 g/mol. The molecule has 4 rings (SSSR count). The number of hydrogen-bond donors (Lipinski definition) is 2. The number of ether oxygens (including phenoxy) is 1. The standard InChI is InChI=1S/C24H26ClN5O2/c1-32-22-5-3-16(13-21(22)25)6-9-27-23-20-12-18(14-26)2-4-19(20)24(29-28-23)30-10-7-17(15-31)8-11-30/h2-5,12-13,17,31H,6-11,15H2,1H3,(H,27,28). The largest absolute Gasteiger partial charge is 0.495 e. The predicted octanol–water partition coefficient (Wildman–Crippen LogP) is 4.03. The molecule has 0 atom stereocenters. The first-order valence-corrected chi connectivity index (χ1v) is 11.1. The summed E-state index contributed by atoms with van der Waals surface area (Å²) in [4.78, 5) is 2.22. The van der Waals surface area contributed by atoms with Crippen LogP contribution in [0.3, 0.4) is 0 Å². The number of aliphatic hydroxyl groups is 1. The molecule has 1 fully saturated rings. The third-order valence-electron chi connectivity index (χ3n) is 5.98. The lowest BCUT2D eigenvalue weighted by Gasteiger charge is -2.32. The van der Waals surface area contributed by atoms with Gasteiger partial charge in [-0.3, -0.25) is 0 Å². The number of methoxy groups -OCH3 is 1. The molecular formula is C24H26ClN5O2. The Kier molecular flexibility index (Phi) is 6.93. The number of rotatable bonds is 7. The maximum atomic E-state index is 9.42. The molecule has 166 valence electrons. The minimum Gasteiger partial charge on any atom is -0.495 e. The summed E-state index contributed by atoms with van der Waals surface area (Å²) in [5.41, 5.74) is 1.67. The van der Waals surface area contributed by atoms with Gasteiger partial charge in [0.25, 0.3) is 0 Å². The molecule has 1 saturated heterocycles. The molecule has 0 amide bonds. The maximum Gasteiger partial charge on any atom is 0.159 e. The molecule has 2 heterocycles. The molecule has 1 aliphatic heterocycles. The van der Waals surface area contributed by atoms with E-state index in [9.17, 15) is 10.4 Å². The van der Waals surface area contributed by atoms with E-state index >= 15 is 0 Å². The average molecular weight is 452 g/mol. The number of halogens is 1. The van der Waals surface area contributed by atoms with E-state index in [0.717, 1.165) is 54.5 Å². The fraction of sp³-hybridized carbons (Fsp3) is 0.375. The van der Waals surface area contributed by atoms with E-state index in [1.807, 2.05) is 36.4 Å². The van der Waals surface area contributed by atoms with Gasteiger partial charge in [0.05, 0.1) is 23.8 Å². The molecule has 1 aliphatic rings. The van der Waals surface area contributed by atoms with Crippen molar-refractivity contribution in [2.45, 2.75) is 19.3 Å². The zero-order valence-corrected chi connectivity index (χ0v) is 18.8. The van der Waals surface area contributed by atoms with Crippen LogP contribution in [-0.2, 0) is 6.42 Å². The molecule has 1 aromatic heterocycles. The Morgan fingerprint density at radius 3 is 2.69 bits per heavy atom. The predicted molar refractivity (Wildman–Crippen MR) is 126 cm³/mol. The second-order valence-corrected chi connectivity index (χ2v) is 8.41. The highest BCUT2D eigenvalue weighted by Gasteiger charge is 2.22. The summed E-state index contributed by atoms with van der Waals surface area (Å²) in [5, 5.41) is 33.6. The van der Waals surface area contributed by atoms with Crippen molar-refractivity contribution >= 4 is 34.0 Å². The zero-order chi connectivity index (χ0) is 22.5. The molecule has 2 aromatic carbocycles. The van der Waals surface area contributed by atoms with E-state index in [-0.39, 0.29) is 6.61 Å². The van der Waals surface area contributed by atoms with E-state index in [2.05, 4.69) is 26.5 Å². The van der Waals surface area contributed by atoms with Crippen LogP contribution < -0.4 is 15.0 Å². The molecule has 7 nitrogen and oxygen atoms in total. The minimum absolute atomic E-state index is 0.230. The van der Waals surface area contributed by atoms with Crippen LogP contribution in [0.5, 0.6) is 5.75 Å². The molecule has 0 spiro atoms. The lowest BCUT2D eigenvalue weighted by Crippen LogP contribution is -2.35. The van der Waals surface area contributed by atoms with E-state index in [1.165, 1.54) is 0 Å². The number of fused-ring (bicyclic) bond motifs is 1. The van der Waals surface area contributed by atoms with E-state index in [1.54, 1.807) is 7.11 Å².